The Morgan fingerprint density at radius 1 is 1.23 bits per heavy atom. The van der Waals surface area contributed by atoms with Gasteiger partial charge in [-0.2, -0.15) is 0 Å². The molecule has 136 valence electrons. The van der Waals surface area contributed by atoms with Crippen LogP contribution < -0.4 is 0 Å². The summed E-state index contributed by atoms with van der Waals surface area (Å²) in [6, 6.07) is 9.03. The van der Waals surface area contributed by atoms with E-state index in [1.165, 1.54) is 31.5 Å². The van der Waals surface area contributed by atoms with Crippen LogP contribution in [-0.2, 0) is 11.8 Å². The van der Waals surface area contributed by atoms with Crippen molar-refractivity contribution in [2.24, 2.45) is 7.05 Å². The summed E-state index contributed by atoms with van der Waals surface area (Å²) in [7, 11) is 1.96. The topological polar surface area (TPSA) is 84.1 Å². The SMILES string of the molecule is CC(c1cccc(-c2ncc3c(ncn3C)n2)c1)N1CCCC1.O=CO. The van der Waals surface area contributed by atoms with E-state index in [0.717, 1.165) is 22.6 Å². The first-order valence-electron chi connectivity index (χ1n) is 8.70. The Morgan fingerprint density at radius 2 is 1.96 bits per heavy atom. The highest BCUT2D eigenvalue weighted by molar-refractivity contribution is 5.72. The molecular weight excluding hydrogens is 330 g/mol. The monoisotopic (exact) mass is 353 g/mol. The molecule has 0 bridgehead atoms. The first-order valence-corrected chi connectivity index (χ1v) is 8.70. The number of benzene rings is 1. The summed E-state index contributed by atoms with van der Waals surface area (Å²) < 4.78 is 1.94. The molecule has 0 amide bonds. The Labute approximate surface area is 152 Å². The minimum Gasteiger partial charge on any atom is -0.483 e. The first-order chi connectivity index (χ1) is 12.6. The number of likely N-dealkylation sites (tertiary alicyclic amines) is 1. The Kier molecular flexibility index (Phi) is 5.58. The maximum atomic E-state index is 8.36. The van der Waals surface area contributed by atoms with Crippen molar-refractivity contribution in [3.63, 3.8) is 0 Å². The molecule has 7 nitrogen and oxygen atoms in total. The number of hydrogen-bond acceptors (Lipinski definition) is 5. The summed E-state index contributed by atoms with van der Waals surface area (Å²) in [4.78, 5) is 24.4. The average Bonchev–Trinajstić information content (AvgIpc) is 3.32. The molecular formula is C19H23N5O2. The zero-order valence-electron chi connectivity index (χ0n) is 15.0. The van der Waals surface area contributed by atoms with Crippen LogP contribution in [0, 0.1) is 0 Å². The molecule has 7 heteroatoms. The minimum atomic E-state index is -0.250. The van der Waals surface area contributed by atoms with Gasteiger partial charge in [0.2, 0.25) is 0 Å². The van der Waals surface area contributed by atoms with Gasteiger partial charge in [-0.1, -0.05) is 18.2 Å². The van der Waals surface area contributed by atoms with Gasteiger partial charge in [-0.05, 0) is 44.5 Å². The van der Waals surface area contributed by atoms with Crippen LogP contribution in [0.5, 0.6) is 0 Å². The van der Waals surface area contributed by atoms with E-state index in [1.807, 2.05) is 17.8 Å². The van der Waals surface area contributed by atoms with Gasteiger partial charge in [0.15, 0.2) is 11.5 Å². The second kappa shape index (κ2) is 8.05. The molecule has 1 N–H and O–H groups in total. The highest BCUT2D eigenvalue weighted by atomic mass is 16.3. The van der Waals surface area contributed by atoms with Crippen LogP contribution in [0.25, 0.3) is 22.6 Å². The van der Waals surface area contributed by atoms with E-state index < -0.39 is 0 Å². The molecule has 1 unspecified atom stereocenters. The maximum Gasteiger partial charge on any atom is 0.290 e. The van der Waals surface area contributed by atoms with E-state index >= 15 is 0 Å². The third kappa shape index (κ3) is 3.72. The molecule has 0 aliphatic carbocycles. The predicted molar refractivity (Wildman–Crippen MR) is 99.7 cm³/mol. The van der Waals surface area contributed by atoms with Crippen LogP contribution in [-0.4, -0.2) is 49.1 Å². The van der Waals surface area contributed by atoms with Gasteiger partial charge in [0.05, 0.1) is 12.5 Å². The van der Waals surface area contributed by atoms with Crippen LogP contribution in [0.2, 0.25) is 0 Å². The molecule has 1 aromatic carbocycles. The normalized spacial score (nSPS) is 15.5. The molecule has 1 fully saturated rings. The smallest absolute Gasteiger partial charge is 0.290 e. The van der Waals surface area contributed by atoms with Crippen molar-refractivity contribution in [2.45, 2.75) is 25.8 Å². The molecule has 2 aromatic heterocycles. The van der Waals surface area contributed by atoms with Crippen molar-refractivity contribution in [1.82, 2.24) is 24.4 Å². The molecule has 1 atom stereocenters. The molecule has 26 heavy (non-hydrogen) atoms. The van der Waals surface area contributed by atoms with Crippen molar-refractivity contribution >= 4 is 17.6 Å². The Hall–Kier alpha value is -2.80. The number of aromatic nitrogens is 4. The molecule has 0 saturated carbocycles. The third-order valence-electron chi connectivity index (χ3n) is 4.80. The lowest BCUT2D eigenvalue weighted by Gasteiger charge is -2.24. The van der Waals surface area contributed by atoms with Gasteiger partial charge in [0.25, 0.3) is 6.47 Å². The van der Waals surface area contributed by atoms with E-state index in [4.69, 9.17) is 9.90 Å². The zero-order chi connectivity index (χ0) is 18.5. The van der Waals surface area contributed by atoms with Gasteiger partial charge in [-0.3, -0.25) is 9.69 Å². The van der Waals surface area contributed by atoms with Crippen molar-refractivity contribution in [1.29, 1.82) is 0 Å². The van der Waals surface area contributed by atoms with Crippen LogP contribution in [0.1, 0.15) is 31.4 Å². The molecule has 3 heterocycles. The maximum absolute atomic E-state index is 8.36. The lowest BCUT2D eigenvalue weighted by molar-refractivity contribution is -0.122. The van der Waals surface area contributed by atoms with Gasteiger partial charge in [-0.15, -0.1) is 0 Å². The van der Waals surface area contributed by atoms with Crippen molar-refractivity contribution in [2.75, 3.05) is 13.1 Å². The van der Waals surface area contributed by atoms with E-state index in [9.17, 15) is 0 Å². The van der Waals surface area contributed by atoms with Crippen molar-refractivity contribution in [3.8, 4) is 11.4 Å². The molecule has 0 radical (unpaired) electrons. The number of imidazole rings is 1. The Balaban J connectivity index is 0.000000613. The fourth-order valence-electron chi connectivity index (χ4n) is 3.33. The number of aryl methyl sites for hydroxylation is 1. The summed E-state index contributed by atoms with van der Waals surface area (Å²) in [5.41, 5.74) is 4.08. The summed E-state index contributed by atoms with van der Waals surface area (Å²) >= 11 is 0. The number of carboxylic acid groups (broad SMARTS) is 1. The summed E-state index contributed by atoms with van der Waals surface area (Å²) in [5, 5.41) is 6.89. The van der Waals surface area contributed by atoms with Gasteiger partial charge >= 0.3 is 0 Å². The van der Waals surface area contributed by atoms with E-state index in [1.54, 1.807) is 6.33 Å². The van der Waals surface area contributed by atoms with Gasteiger partial charge in [0, 0.05) is 18.7 Å². The fourth-order valence-corrected chi connectivity index (χ4v) is 3.33. The largest absolute Gasteiger partial charge is 0.483 e. The van der Waals surface area contributed by atoms with Gasteiger partial charge in [-0.25, -0.2) is 15.0 Å². The van der Waals surface area contributed by atoms with Crippen LogP contribution in [0.3, 0.4) is 0 Å². The molecule has 1 aliphatic rings. The summed E-state index contributed by atoms with van der Waals surface area (Å²) in [5.74, 6) is 0.742. The van der Waals surface area contributed by atoms with E-state index in [0.29, 0.717) is 6.04 Å². The van der Waals surface area contributed by atoms with Crippen LogP contribution in [0.15, 0.2) is 36.8 Å². The van der Waals surface area contributed by atoms with Crippen molar-refractivity contribution in [3.05, 3.63) is 42.4 Å². The first kappa shape index (κ1) is 18.0. The predicted octanol–water partition coefficient (Wildman–Crippen LogP) is 2.89. The third-order valence-corrected chi connectivity index (χ3v) is 4.80. The zero-order valence-corrected chi connectivity index (χ0v) is 15.0. The van der Waals surface area contributed by atoms with Gasteiger partial charge in [0.1, 0.15) is 5.52 Å². The second-order valence-electron chi connectivity index (χ2n) is 6.41. The Morgan fingerprint density at radius 3 is 2.69 bits per heavy atom. The molecule has 4 rings (SSSR count). The number of fused-ring (bicyclic) bond motifs is 1. The lowest BCUT2D eigenvalue weighted by atomic mass is 10.0. The molecule has 3 aromatic rings. The molecule has 0 spiro atoms. The highest BCUT2D eigenvalue weighted by Gasteiger charge is 2.19. The lowest BCUT2D eigenvalue weighted by Crippen LogP contribution is -2.23. The fraction of sp³-hybridized carbons (Fsp3) is 0.368. The number of hydrogen-bond donors (Lipinski definition) is 1. The van der Waals surface area contributed by atoms with Gasteiger partial charge < -0.3 is 9.67 Å². The minimum absolute atomic E-state index is 0.250. The Bertz CT molecular complexity index is 887. The molecule has 1 saturated heterocycles. The second-order valence-corrected chi connectivity index (χ2v) is 6.41. The van der Waals surface area contributed by atoms with E-state index in [2.05, 4.69) is 51.0 Å². The summed E-state index contributed by atoms with van der Waals surface area (Å²) in [6.07, 6.45) is 6.24. The van der Waals surface area contributed by atoms with E-state index in [-0.39, 0.29) is 6.47 Å². The van der Waals surface area contributed by atoms with Crippen molar-refractivity contribution < 1.29 is 9.90 Å². The molecule has 1 aliphatic heterocycles. The number of nitrogens with zero attached hydrogens (tertiary/aromatic N) is 5. The highest BCUT2D eigenvalue weighted by Crippen LogP contribution is 2.27. The summed E-state index contributed by atoms with van der Waals surface area (Å²) in [6.45, 7) is 4.43. The number of rotatable bonds is 3. The standard InChI is InChI=1S/C18H21N5.CH2O2/c1-13(23-8-3-4-9-23)14-6-5-7-15(10-14)17-19-11-16-18(21-17)20-12-22(16)2;2-1-3/h5-7,10-13H,3-4,8-9H2,1-2H3;1H,(H,2,3). The quantitative estimate of drug-likeness (QED) is 0.729. The van der Waals surface area contributed by atoms with Crippen LogP contribution in [0.4, 0.5) is 0 Å². The number of carbonyl (C=O) groups is 1. The van der Waals surface area contributed by atoms with Crippen LogP contribution >= 0.6 is 0 Å². The average molecular weight is 353 g/mol.